The van der Waals surface area contributed by atoms with Crippen molar-refractivity contribution in [2.24, 2.45) is 35.5 Å². The highest BCUT2D eigenvalue weighted by atomic mass is 16.6. The number of nitrogens with zero attached hydrogens (tertiary/aromatic N) is 1. The molecule has 0 aromatic heterocycles. The number of cyclic esters (lactones) is 1. The predicted molar refractivity (Wildman–Crippen MR) is 269 cm³/mol. The number of rotatable bonds is 11. The number of methoxy groups -OCH3 is 2. The van der Waals surface area contributed by atoms with E-state index in [9.17, 15) is 39.3 Å². The molecule has 16 unspecified atom stereocenters. The molecule has 16 heteroatoms. The number of amides is 1. The highest BCUT2D eigenvalue weighted by molar-refractivity contribution is 6.39. The Kier molecular flexibility index (Phi) is 23.5. The number of carbonyl (C=O) groups excluding carboxylic acids is 5. The standard InChI is InChI=1S/C56H87NO15/c1-34-15-11-10-12-16-35(2)47(70-33-43-22-25-68-43)31-42-20-18-40(7)56(65,72-42)53(62)54(63)57-23-14-13-17-44(57)55(64)71-48(37(4)29-41-19-21-46(69-26-24-58)49(30-41)66-8)32-45(59)36(3)28-39(6)51(61)52(67-9)50(60)38(5)27-34/h10-12,15-16,28,34,36-38,40-44,46-49,51-52,58,61,65H,13-14,17-27,29-33H2,1-9H3/b12-10+,15-11+,35-16+,39-28+. The minimum atomic E-state index is -2.46. The van der Waals surface area contributed by atoms with Gasteiger partial charge in [-0.2, -0.15) is 0 Å². The fraction of sp³-hybridized carbons (Fsp3) is 0.768. The van der Waals surface area contributed by atoms with Gasteiger partial charge in [-0.1, -0.05) is 71.1 Å². The summed E-state index contributed by atoms with van der Waals surface area (Å²) in [6.45, 7) is 13.9. The first-order chi connectivity index (χ1) is 34.3. The number of aliphatic hydroxyl groups excluding tert-OH is 2. The van der Waals surface area contributed by atoms with E-state index in [0.717, 1.165) is 18.4 Å². The largest absolute Gasteiger partial charge is 0.460 e. The van der Waals surface area contributed by atoms with Crippen molar-refractivity contribution in [1.29, 1.82) is 0 Å². The maximum absolute atomic E-state index is 14.6. The summed E-state index contributed by atoms with van der Waals surface area (Å²) in [5.74, 6) is -8.05. The number of hydrogen-bond donors (Lipinski definition) is 3. The van der Waals surface area contributed by atoms with Gasteiger partial charge < -0.3 is 53.4 Å². The van der Waals surface area contributed by atoms with Crippen LogP contribution in [0.5, 0.6) is 0 Å². The summed E-state index contributed by atoms with van der Waals surface area (Å²) in [5, 5.41) is 33.0. The molecule has 0 spiro atoms. The maximum Gasteiger partial charge on any atom is 0.329 e. The maximum atomic E-state index is 14.6. The van der Waals surface area contributed by atoms with E-state index in [4.69, 9.17) is 33.2 Å². The number of esters is 1. The number of Topliss-reactive ketones (excluding diaryl/α,β-unsaturated/α-hetero) is 3. The lowest BCUT2D eigenvalue weighted by Gasteiger charge is -2.43. The molecule has 16 nitrogen and oxygen atoms in total. The molecule has 4 fully saturated rings. The average molecular weight is 1010 g/mol. The molecular formula is C56H87NO15. The summed E-state index contributed by atoms with van der Waals surface area (Å²) in [6, 6.07) is -1.16. The third-order valence-corrected chi connectivity index (χ3v) is 15.9. The molecule has 5 rings (SSSR count). The summed E-state index contributed by atoms with van der Waals surface area (Å²) in [4.78, 5) is 72.7. The zero-order valence-corrected chi connectivity index (χ0v) is 44.5. The van der Waals surface area contributed by atoms with E-state index in [1.54, 1.807) is 34.0 Å². The van der Waals surface area contributed by atoms with Crippen molar-refractivity contribution in [3.63, 3.8) is 0 Å². The van der Waals surface area contributed by atoms with E-state index in [1.807, 2.05) is 58.1 Å². The predicted octanol–water partition coefficient (Wildman–Crippen LogP) is 6.36. The molecule has 2 bridgehead atoms. The van der Waals surface area contributed by atoms with Crippen LogP contribution in [0.1, 0.15) is 132 Å². The number of allylic oxidation sites excluding steroid dienone is 6. The Balaban J connectivity index is 1.47. The quantitative estimate of drug-likeness (QED) is 0.117. The van der Waals surface area contributed by atoms with Crippen LogP contribution in [0.4, 0.5) is 0 Å². The lowest BCUT2D eigenvalue weighted by Crippen LogP contribution is -2.61. The van der Waals surface area contributed by atoms with E-state index in [2.05, 4.69) is 0 Å². The molecule has 1 aliphatic carbocycles. The van der Waals surface area contributed by atoms with Gasteiger partial charge in [0.15, 0.2) is 5.78 Å². The number of piperidine rings is 1. The van der Waals surface area contributed by atoms with Crippen LogP contribution in [-0.4, -0.2) is 157 Å². The number of hydrogen-bond acceptors (Lipinski definition) is 15. The smallest absolute Gasteiger partial charge is 0.329 e. The third kappa shape index (κ3) is 16.0. The Morgan fingerprint density at radius 1 is 0.861 bits per heavy atom. The van der Waals surface area contributed by atoms with E-state index < -0.39 is 77.8 Å². The van der Waals surface area contributed by atoms with Crippen molar-refractivity contribution in [3.05, 3.63) is 47.6 Å². The molecule has 406 valence electrons. The van der Waals surface area contributed by atoms with Crippen molar-refractivity contribution in [3.8, 4) is 0 Å². The lowest BCUT2D eigenvalue weighted by molar-refractivity contribution is -0.266. The van der Waals surface area contributed by atoms with Crippen LogP contribution in [0, 0.1) is 35.5 Å². The molecule has 5 aliphatic rings. The topological polar surface area (TPSA) is 214 Å². The highest BCUT2D eigenvalue weighted by Gasteiger charge is 2.53. The van der Waals surface area contributed by atoms with Gasteiger partial charge >= 0.3 is 5.97 Å². The second-order valence-corrected chi connectivity index (χ2v) is 21.5. The van der Waals surface area contributed by atoms with Gasteiger partial charge in [-0.15, -0.1) is 0 Å². The van der Waals surface area contributed by atoms with E-state index >= 15 is 0 Å². The molecule has 1 amide bonds. The van der Waals surface area contributed by atoms with Gasteiger partial charge in [0.25, 0.3) is 11.7 Å². The van der Waals surface area contributed by atoms with E-state index in [1.165, 1.54) is 12.0 Å². The third-order valence-electron chi connectivity index (χ3n) is 15.9. The summed E-state index contributed by atoms with van der Waals surface area (Å²) in [6.07, 6.45) is 12.7. The monoisotopic (exact) mass is 1010 g/mol. The normalized spacial score (nSPS) is 39.6. The Bertz CT molecular complexity index is 1930. The zero-order valence-electron chi connectivity index (χ0n) is 44.5. The van der Waals surface area contributed by atoms with Crippen LogP contribution in [0.2, 0.25) is 0 Å². The molecule has 16 atom stereocenters. The SMILES string of the molecule is COC1CC(CC(C)C2CC(=O)C(C)/C=C(\C)C(O)C(OC)C(=O)C(C)CC(C)/C=C/C=C/C=C(\C)C(OCC3CCO3)CC3CCC(C)C(O)(O3)C(=O)C(=O)N3CCCCC3C(=O)O2)CCC1OCCO. The Morgan fingerprint density at radius 3 is 2.29 bits per heavy atom. The molecule has 3 N–H and O–H groups in total. The number of ether oxygens (including phenoxy) is 7. The second-order valence-electron chi connectivity index (χ2n) is 21.5. The van der Waals surface area contributed by atoms with Crippen molar-refractivity contribution < 1.29 is 72.5 Å². The van der Waals surface area contributed by atoms with Gasteiger partial charge in [-0.25, -0.2) is 4.79 Å². The molecule has 4 heterocycles. The number of ketones is 3. The fourth-order valence-corrected chi connectivity index (χ4v) is 11.1. The fourth-order valence-electron chi connectivity index (χ4n) is 11.1. The molecular weight excluding hydrogens is 927 g/mol. The molecule has 0 aromatic rings. The van der Waals surface area contributed by atoms with Gasteiger partial charge in [0.05, 0.1) is 50.3 Å². The van der Waals surface area contributed by atoms with Crippen LogP contribution in [0.25, 0.3) is 0 Å². The average Bonchev–Trinajstić information content (AvgIpc) is 3.34. The Hall–Kier alpha value is -3.45. The van der Waals surface area contributed by atoms with E-state index in [0.29, 0.717) is 76.6 Å². The van der Waals surface area contributed by atoms with Gasteiger partial charge in [-0.05, 0) is 113 Å². The zero-order chi connectivity index (χ0) is 52.7. The van der Waals surface area contributed by atoms with Crippen LogP contribution < -0.4 is 0 Å². The van der Waals surface area contributed by atoms with Crippen molar-refractivity contribution in [2.75, 3.05) is 47.2 Å². The number of carbonyl (C=O) groups is 5. The lowest BCUT2D eigenvalue weighted by atomic mass is 9.78. The Morgan fingerprint density at radius 2 is 1.61 bits per heavy atom. The van der Waals surface area contributed by atoms with Gasteiger partial charge in [0.1, 0.15) is 30.1 Å². The summed E-state index contributed by atoms with van der Waals surface area (Å²) >= 11 is 0. The second kappa shape index (κ2) is 28.4. The summed E-state index contributed by atoms with van der Waals surface area (Å²) in [7, 11) is 3.01. The summed E-state index contributed by atoms with van der Waals surface area (Å²) in [5.41, 5.74) is 1.26. The van der Waals surface area contributed by atoms with Crippen LogP contribution >= 0.6 is 0 Å². The van der Waals surface area contributed by atoms with Gasteiger partial charge in [0.2, 0.25) is 5.79 Å². The van der Waals surface area contributed by atoms with Crippen LogP contribution in [0.3, 0.4) is 0 Å². The Labute approximate surface area is 428 Å². The molecule has 4 aliphatic heterocycles. The molecule has 3 saturated heterocycles. The van der Waals surface area contributed by atoms with Gasteiger partial charge in [0, 0.05) is 58.0 Å². The van der Waals surface area contributed by atoms with Crippen LogP contribution in [-0.2, 0) is 57.1 Å². The highest BCUT2D eigenvalue weighted by Crippen LogP contribution is 2.38. The number of fused-ring (bicyclic) bond motifs is 3. The minimum Gasteiger partial charge on any atom is -0.460 e. The first-order valence-electron chi connectivity index (χ1n) is 26.7. The van der Waals surface area contributed by atoms with Crippen LogP contribution in [0.15, 0.2) is 47.6 Å². The molecule has 1 saturated carbocycles. The van der Waals surface area contributed by atoms with Crippen molar-refractivity contribution in [1.82, 2.24) is 4.90 Å². The van der Waals surface area contributed by atoms with Crippen molar-refractivity contribution >= 4 is 29.2 Å². The first kappa shape index (κ1) is 59.4. The molecule has 0 aromatic carbocycles. The summed E-state index contributed by atoms with van der Waals surface area (Å²) < 4.78 is 42.0. The van der Waals surface area contributed by atoms with Gasteiger partial charge in [-0.3, -0.25) is 19.2 Å². The molecule has 72 heavy (non-hydrogen) atoms. The number of aliphatic hydroxyl groups is 3. The van der Waals surface area contributed by atoms with Crippen molar-refractivity contribution in [2.45, 2.75) is 193 Å². The molecule has 0 radical (unpaired) electrons. The van der Waals surface area contributed by atoms with E-state index in [-0.39, 0.29) is 80.2 Å². The minimum absolute atomic E-state index is 0.00361. The first-order valence-corrected chi connectivity index (χ1v) is 26.7.